The Labute approximate surface area is 98.3 Å². The molecular weight excluding hydrogens is 224 g/mol. The van der Waals surface area contributed by atoms with Crippen molar-refractivity contribution in [3.63, 3.8) is 0 Å². The molecule has 0 aliphatic rings. The van der Waals surface area contributed by atoms with Crippen LogP contribution >= 0.6 is 0 Å². The van der Waals surface area contributed by atoms with Crippen molar-refractivity contribution in [2.45, 2.75) is 12.8 Å². The first-order chi connectivity index (χ1) is 8.08. The third kappa shape index (κ3) is 5.41. The van der Waals surface area contributed by atoms with Gasteiger partial charge in [-0.25, -0.2) is 4.79 Å². The molecule has 2 amide bonds. The van der Waals surface area contributed by atoms with Gasteiger partial charge in [0.15, 0.2) is 0 Å². The van der Waals surface area contributed by atoms with Gasteiger partial charge in [-0.05, 0) is 18.6 Å². The Morgan fingerprint density at radius 2 is 2.06 bits per heavy atom. The van der Waals surface area contributed by atoms with E-state index in [9.17, 15) is 9.59 Å². The standard InChI is InChI=1S/C11H14N2O4/c14-9-4-1-3-8(7-9)13-11(17)12-6-2-5-10(15)16/h1,3-4,7,14H,2,5-6H2,(H,15,16)(H2,12,13,17). The first-order valence-corrected chi connectivity index (χ1v) is 5.13. The highest BCUT2D eigenvalue weighted by molar-refractivity contribution is 5.89. The number of aromatic hydroxyl groups is 1. The molecule has 0 aliphatic heterocycles. The van der Waals surface area contributed by atoms with Gasteiger partial charge >= 0.3 is 12.0 Å². The van der Waals surface area contributed by atoms with Crippen molar-refractivity contribution in [2.75, 3.05) is 11.9 Å². The third-order valence-electron chi connectivity index (χ3n) is 1.96. The molecular formula is C11H14N2O4. The Bertz CT molecular complexity index is 406. The van der Waals surface area contributed by atoms with Gasteiger partial charge in [0.1, 0.15) is 5.75 Å². The second kappa shape index (κ2) is 6.37. The van der Waals surface area contributed by atoms with Crippen LogP contribution in [0.1, 0.15) is 12.8 Å². The van der Waals surface area contributed by atoms with Crippen LogP contribution in [-0.4, -0.2) is 28.8 Å². The van der Waals surface area contributed by atoms with Gasteiger partial charge in [-0.3, -0.25) is 4.79 Å². The normalized spacial score (nSPS) is 9.65. The van der Waals surface area contributed by atoms with E-state index in [0.29, 0.717) is 12.1 Å². The number of anilines is 1. The summed E-state index contributed by atoms with van der Waals surface area (Å²) in [6.45, 7) is 0.289. The number of aliphatic carboxylic acids is 1. The van der Waals surface area contributed by atoms with Gasteiger partial charge in [0.25, 0.3) is 0 Å². The van der Waals surface area contributed by atoms with E-state index >= 15 is 0 Å². The molecule has 1 rings (SSSR count). The smallest absolute Gasteiger partial charge is 0.319 e. The van der Waals surface area contributed by atoms with Gasteiger partial charge in [-0.1, -0.05) is 6.07 Å². The first-order valence-electron chi connectivity index (χ1n) is 5.13. The maximum Gasteiger partial charge on any atom is 0.319 e. The second-order valence-corrected chi connectivity index (χ2v) is 3.43. The lowest BCUT2D eigenvalue weighted by Crippen LogP contribution is -2.29. The molecule has 6 heteroatoms. The molecule has 0 fully saturated rings. The summed E-state index contributed by atoms with van der Waals surface area (Å²) >= 11 is 0. The Morgan fingerprint density at radius 3 is 2.71 bits per heavy atom. The number of phenolic OH excluding ortho intramolecular Hbond substituents is 1. The molecule has 1 aromatic carbocycles. The van der Waals surface area contributed by atoms with Gasteiger partial charge in [0.05, 0.1) is 0 Å². The molecule has 0 atom stereocenters. The van der Waals surface area contributed by atoms with Crippen LogP contribution in [0.5, 0.6) is 5.75 Å². The van der Waals surface area contributed by atoms with Gasteiger partial charge in [-0.15, -0.1) is 0 Å². The predicted octanol–water partition coefficient (Wildman–Crippen LogP) is 1.38. The fraction of sp³-hybridized carbons (Fsp3) is 0.273. The number of nitrogens with one attached hydrogen (secondary N) is 2. The van der Waals surface area contributed by atoms with Gasteiger partial charge in [0, 0.05) is 24.7 Å². The van der Waals surface area contributed by atoms with Crippen LogP contribution in [0.25, 0.3) is 0 Å². The highest BCUT2D eigenvalue weighted by Gasteiger charge is 2.02. The Hall–Kier alpha value is -2.24. The van der Waals surface area contributed by atoms with Crippen molar-refractivity contribution < 1.29 is 19.8 Å². The van der Waals surface area contributed by atoms with E-state index in [1.165, 1.54) is 12.1 Å². The quantitative estimate of drug-likeness (QED) is 0.582. The molecule has 92 valence electrons. The van der Waals surface area contributed by atoms with Gasteiger partial charge < -0.3 is 20.8 Å². The zero-order valence-corrected chi connectivity index (χ0v) is 9.14. The molecule has 0 aromatic heterocycles. The van der Waals surface area contributed by atoms with Crippen molar-refractivity contribution in [3.05, 3.63) is 24.3 Å². The molecule has 0 saturated heterocycles. The fourth-order valence-corrected chi connectivity index (χ4v) is 1.20. The zero-order chi connectivity index (χ0) is 12.7. The summed E-state index contributed by atoms with van der Waals surface area (Å²) < 4.78 is 0. The van der Waals surface area contributed by atoms with E-state index in [-0.39, 0.29) is 18.7 Å². The topological polar surface area (TPSA) is 98.7 Å². The molecule has 0 radical (unpaired) electrons. The number of carboxylic acid groups (broad SMARTS) is 1. The van der Waals surface area contributed by atoms with Crippen LogP contribution in [0.15, 0.2) is 24.3 Å². The van der Waals surface area contributed by atoms with E-state index in [2.05, 4.69) is 10.6 Å². The van der Waals surface area contributed by atoms with Gasteiger partial charge in [0.2, 0.25) is 0 Å². The highest BCUT2D eigenvalue weighted by Crippen LogP contribution is 2.14. The Kier molecular flexibility index (Phi) is 4.80. The number of urea groups is 1. The molecule has 0 saturated carbocycles. The maximum atomic E-state index is 11.3. The summed E-state index contributed by atoms with van der Waals surface area (Å²) in [6, 6.07) is 5.72. The minimum atomic E-state index is -0.889. The number of phenols is 1. The number of amides is 2. The first kappa shape index (κ1) is 12.8. The van der Waals surface area contributed by atoms with Gasteiger partial charge in [-0.2, -0.15) is 0 Å². The molecule has 0 heterocycles. The molecule has 6 nitrogen and oxygen atoms in total. The number of carboxylic acids is 1. The van der Waals surface area contributed by atoms with Crippen molar-refractivity contribution in [1.82, 2.24) is 5.32 Å². The zero-order valence-electron chi connectivity index (χ0n) is 9.14. The molecule has 0 bridgehead atoms. The van der Waals surface area contributed by atoms with E-state index in [1.807, 2.05) is 0 Å². The van der Waals surface area contributed by atoms with Crippen LogP contribution in [0.3, 0.4) is 0 Å². The van der Waals surface area contributed by atoms with Crippen molar-refractivity contribution in [3.8, 4) is 5.75 Å². The lowest BCUT2D eigenvalue weighted by Gasteiger charge is -2.07. The van der Waals surface area contributed by atoms with Crippen molar-refractivity contribution >= 4 is 17.7 Å². The molecule has 1 aromatic rings. The summed E-state index contributed by atoms with van der Waals surface area (Å²) in [5, 5.41) is 22.6. The van der Waals surface area contributed by atoms with E-state index in [1.54, 1.807) is 12.1 Å². The SMILES string of the molecule is O=C(O)CCCNC(=O)Nc1cccc(O)c1. The average molecular weight is 238 g/mol. The molecule has 0 spiro atoms. The van der Waals surface area contributed by atoms with E-state index in [0.717, 1.165) is 0 Å². The molecule has 0 aliphatic carbocycles. The largest absolute Gasteiger partial charge is 0.508 e. The fourth-order valence-electron chi connectivity index (χ4n) is 1.20. The van der Waals surface area contributed by atoms with Crippen LogP contribution < -0.4 is 10.6 Å². The number of hydrogen-bond acceptors (Lipinski definition) is 3. The van der Waals surface area contributed by atoms with Crippen LogP contribution in [0, 0.1) is 0 Å². The number of carbonyl (C=O) groups excluding carboxylic acids is 1. The van der Waals surface area contributed by atoms with Crippen molar-refractivity contribution in [2.24, 2.45) is 0 Å². The average Bonchev–Trinajstić information content (AvgIpc) is 2.24. The van der Waals surface area contributed by atoms with E-state index < -0.39 is 12.0 Å². The summed E-state index contributed by atoms with van der Waals surface area (Å²) in [7, 11) is 0. The maximum absolute atomic E-state index is 11.3. The summed E-state index contributed by atoms with van der Waals surface area (Å²) in [4.78, 5) is 21.5. The van der Waals surface area contributed by atoms with Crippen LogP contribution in [-0.2, 0) is 4.79 Å². The second-order valence-electron chi connectivity index (χ2n) is 3.43. The lowest BCUT2D eigenvalue weighted by molar-refractivity contribution is -0.137. The summed E-state index contributed by atoms with van der Waals surface area (Å²) in [5.41, 5.74) is 0.473. The molecule has 0 unspecified atom stereocenters. The highest BCUT2D eigenvalue weighted by atomic mass is 16.4. The van der Waals surface area contributed by atoms with Crippen molar-refractivity contribution in [1.29, 1.82) is 0 Å². The number of carbonyl (C=O) groups is 2. The molecule has 17 heavy (non-hydrogen) atoms. The third-order valence-corrected chi connectivity index (χ3v) is 1.96. The van der Waals surface area contributed by atoms with Crippen LogP contribution in [0.2, 0.25) is 0 Å². The number of hydrogen-bond donors (Lipinski definition) is 4. The Balaban J connectivity index is 2.27. The monoisotopic (exact) mass is 238 g/mol. The van der Waals surface area contributed by atoms with Crippen LogP contribution in [0.4, 0.5) is 10.5 Å². The lowest BCUT2D eigenvalue weighted by atomic mass is 10.3. The summed E-state index contributed by atoms with van der Waals surface area (Å²) in [6.07, 6.45) is 0.398. The molecule has 4 N–H and O–H groups in total. The number of benzene rings is 1. The predicted molar refractivity (Wildman–Crippen MR) is 62.0 cm³/mol. The minimum absolute atomic E-state index is 0.0202. The number of rotatable bonds is 5. The minimum Gasteiger partial charge on any atom is -0.508 e. The Morgan fingerprint density at radius 1 is 1.29 bits per heavy atom. The summed E-state index contributed by atoms with van der Waals surface area (Å²) in [5.74, 6) is -0.825. The van der Waals surface area contributed by atoms with E-state index in [4.69, 9.17) is 10.2 Å².